The van der Waals surface area contributed by atoms with Crippen LogP contribution in [0.4, 0.5) is 0 Å². The van der Waals surface area contributed by atoms with E-state index in [1.54, 1.807) is 6.20 Å². The molecule has 22 heavy (non-hydrogen) atoms. The molecule has 1 aliphatic heterocycles. The van der Waals surface area contributed by atoms with Crippen LogP contribution in [0.25, 0.3) is 11.4 Å². The zero-order valence-corrected chi connectivity index (χ0v) is 13.1. The van der Waals surface area contributed by atoms with Gasteiger partial charge < -0.3 is 14.4 Å². The molecule has 3 rings (SSSR count). The van der Waals surface area contributed by atoms with Gasteiger partial charge in [0.2, 0.25) is 5.91 Å². The standard InChI is InChI=1S/C17H22N4O/c1-19-10-8-15(12-19)20(2)16(22)13-21-11-9-18-17(21)14-6-4-3-5-7-14/h3-7,9,11,15H,8,10,12-13H2,1-2H3. The lowest BCUT2D eigenvalue weighted by molar-refractivity contribution is -0.132. The topological polar surface area (TPSA) is 41.4 Å². The molecule has 1 unspecified atom stereocenters. The number of benzene rings is 1. The summed E-state index contributed by atoms with van der Waals surface area (Å²) in [5.41, 5.74) is 1.03. The number of likely N-dealkylation sites (N-methyl/N-ethyl adjacent to an activating group) is 2. The fourth-order valence-corrected chi connectivity index (χ4v) is 2.97. The summed E-state index contributed by atoms with van der Waals surface area (Å²) in [5, 5.41) is 0. The van der Waals surface area contributed by atoms with Gasteiger partial charge in [-0.2, -0.15) is 0 Å². The van der Waals surface area contributed by atoms with Gasteiger partial charge >= 0.3 is 0 Å². The maximum absolute atomic E-state index is 12.5. The summed E-state index contributed by atoms with van der Waals surface area (Å²) in [5.74, 6) is 0.973. The Morgan fingerprint density at radius 3 is 2.82 bits per heavy atom. The third-order valence-corrected chi connectivity index (χ3v) is 4.36. The van der Waals surface area contributed by atoms with Gasteiger partial charge in [-0.05, 0) is 20.0 Å². The van der Waals surface area contributed by atoms with Crippen LogP contribution in [0.1, 0.15) is 6.42 Å². The van der Waals surface area contributed by atoms with E-state index in [9.17, 15) is 4.79 Å². The Bertz CT molecular complexity index is 637. The largest absolute Gasteiger partial charge is 0.340 e. The van der Waals surface area contributed by atoms with Crippen LogP contribution in [0.5, 0.6) is 0 Å². The van der Waals surface area contributed by atoms with Gasteiger partial charge in [-0.25, -0.2) is 4.98 Å². The molecule has 0 N–H and O–H groups in total. The summed E-state index contributed by atoms with van der Waals surface area (Å²) >= 11 is 0. The van der Waals surface area contributed by atoms with E-state index >= 15 is 0 Å². The quantitative estimate of drug-likeness (QED) is 0.863. The number of aromatic nitrogens is 2. The Morgan fingerprint density at radius 1 is 1.36 bits per heavy atom. The highest BCUT2D eigenvalue weighted by Gasteiger charge is 2.26. The molecular weight excluding hydrogens is 276 g/mol. The molecular formula is C17H22N4O. The Morgan fingerprint density at radius 2 is 2.14 bits per heavy atom. The van der Waals surface area contributed by atoms with E-state index in [-0.39, 0.29) is 5.91 Å². The normalized spacial score (nSPS) is 18.5. The highest BCUT2D eigenvalue weighted by molar-refractivity contribution is 5.77. The predicted octanol–water partition coefficient (Wildman–Crippen LogP) is 1.71. The highest BCUT2D eigenvalue weighted by Crippen LogP contribution is 2.18. The molecule has 1 amide bonds. The molecule has 1 aliphatic rings. The van der Waals surface area contributed by atoms with Crippen molar-refractivity contribution in [1.29, 1.82) is 0 Å². The molecule has 116 valence electrons. The average molecular weight is 298 g/mol. The van der Waals surface area contributed by atoms with Gasteiger partial charge in [0.1, 0.15) is 12.4 Å². The number of carbonyl (C=O) groups is 1. The average Bonchev–Trinajstić information content (AvgIpc) is 3.16. The van der Waals surface area contributed by atoms with Gasteiger partial charge in [0.15, 0.2) is 0 Å². The molecule has 0 aliphatic carbocycles. The maximum atomic E-state index is 12.5. The third-order valence-electron chi connectivity index (χ3n) is 4.36. The minimum atomic E-state index is 0.135. The number of nitrogens with zero attached hydrogens (tertiary/aromatic N) is 4. The highest BCUT2D eigenvalue weighted by atomic mass is 16.2. The number of carbonyl (C=O) groups excluding carboxylic acids is 1. The van der Waals surface area contributed by atoms with Crippen molar-refractivity contribution in [2.24, 2.45) is 0 Å². The lowest BCUT2D eigenvalue weighted by Gasteiger charge is -2.25. The summed E-state index contributed by atoms with van der Waals surface area (Å²) in [6.07, 6.45) is 4.67. The molecule has 1 atom stereocenters. The van der Waals surface area contributed by atoms with Crippen LogP contribution in [-0.4, -0.2) is 58.5 Å². The first kappa shape index (κ1) is 14.8. The van der Waals surface area contributed by atoms with Crippen LogP contribution < -0.4 is 0 Å². The minimum Gasteiger partial charge on any atom is -0.340 e. The second kappa shape index (κ2) is 6.32. The molecule has 0 radical (unpaired) electrons. The van der Waals surface area contributed by atoms with Gasteiger partial charge in [0.05, 0.1) is 0 Å². The Labute approximate surface area is 131 Å². The van der Waals surface area contributed by atoms with Crippen LogP contribution >= 0.6 is 0 Å². The number of likely N-dealkylation sites (tertiary alicyclic amines) is 1. The van der Waals surface area contributed by atoms with Crippen LogP contribution in [0.3, 0.4) is 0 Å². The molecule has 2 heterocycles. The van der Waals surface area contributed by atoms with Crippen molar-refractivity contribution in [3.63, 3.8) is 0 Å². The fourth-order valence-electron chi connectivity index (χ4n) is 2.97. The first-order valence-corrected chi connectivity index (χ1v) is 7.66. The van der Waals surface area contributed by atoms with Gasteiger partial charge in [0, 0.05) is 37.6 Å². The van der Waals surface area contributed by atoms with E-state index in [2.05, 4.69) is 16.9 Å². The Kier molecular flexibility index (Phi) is 4.24. The van der Waals surface area contributed by atoms with Crippen LogP contribution in [0.2, 0.25) is 0 Å². The molecule has 1 saturated heterocycles. The third kappa shape index (κ3) is 3.04. The molecule has 1 fully saturated rings. The molecule has 5 nitrogen and oxygen atoms in total. The van der Waals surface area contributed by atoms with Crippen molar-refractivity contribution in [2.75, 3.05) is 27.2 Å². The Hall–Kier alpha value is -2.14. The number of amides is 1. The van der Waals surface area contributed by atoms with Gasteiger partial charge in [-0.3, -0.25) is 4.79 Å². The number of hydrogen-bond acceptors (Lipinski definition) is 3. The van der Waals surface area contributed by atoms with E-state index < -0.39 is 0 Å². The predicted molar refractivity (Wildman–Crippen MR) is 86.3 cm³/mol. The van der Waals surface area contributed by atoms with E-state index in [4.69, 9.17) is 0 Å². The van der Waals surface area contributed by atoms with E-state index in [1.165, 1.54) is 0 Å². The monoisotopic (exact) mass is 298 g/mol. The molecule has 5 heteroatoms. The first-order chi connectivity index (χ1) is 10.6. The summed E-state index contributed by atoms with van der Waals surface area (Å²) in [7, 11) is 4.01. The SMILES string of the molecule is CN1CCC(N(C)C(=O)Cn2ccnc2-c2ccccc2)C1. The number of hydrogen-bond donors (Lipinski definition) is 0. The van der Waals surface area contributed by atoms with Gasteiger partial charge in [-0.15, -0.1) is 0 Å². The fraction of sp³-hybridized carbons (Fsp3) is 0.412. The van der Waals surface area contributed by atoms with Crippen molar-refractivity contribution in [2.45, 2.75) is 19.0 Å². The van der Waals surface area contributed by atoms with Crippen molar-refractivity contribution in [1.82, 2.24) is 19.4 Å². The molecule has 1 aromatic heterocycles. The molecule has 0 spiro atoms. The smallest absolute Gasteiger partial charge is 0.242 e. The second-order valence-electron chi connectivity index (χ2n) is 5.95. The first-order valence-electron chi connectivity index (χ1n) is 7.66. The lowest BCUT2D eigenvalue weighted by atomic mass is 10.2. The van der Waals surface area contributed by atoms with Crippen LogP contribution in [0, 0.1) is 0 Å². The summed E-state index contributed by atoms with van der Waals surface area (Å²) in [4.78, 5) is 21.1. The molecule has 0 saturated carbocycles. The second-order valence-corrected chi connectivity index (χ2v) is 5.95. The minimum absolute atomic E-state index is 0.135. The van der Waals surface area contributed by atoms with E-state index in [1.807, 2.05) is 53.0 Å². The van der Waals surface area contributed by atoms with E-state index in [0.29, 0.717) is 12.6 Å². The maximum Gasteiger partial charge on any atom is 0.242 e. The van der Waals surface area contributed by atoms with Crippen molar-refractivity contribution in [3.8, 4) is 11.4 Å². The van der Waals surface area contributed by atoms with Crippen molar-refractivity contribution >= 4 is 5.91 Å². The van der Waals surface area contributed by atoms with Crippen LogP contribution in [-0.2, 0) is 11.3 Å². The number of rotatable bonds is 4. The lowest BCUT2D eigenvalue weighted by Crippen LogP contribution is -2.40. The zero-order valence-electron chi connectivity index (χ0n) is 13.1. The van der Waals surface area contributed by atoms with E-state index in [0.717, 1.165) is 30.9 Å². The van der Waals surface area contributed by atoms with Crippen LogP contribution in [0.15, 0.2) is 42.7 Å². The molecule has 1 aromatic carbocycles. The molecule has 0 bridgehead atoms. The number of imidazole rings is 1. The van der Waals surface area contributed by atoms with Gasteiger partial charge in [-0.1, -0.05) is 30.3 Å². The zero-order chi connectivity index (χ0) is 15.5. The summed E-state index contributed by atoms with van der Waals surface area (Å²) in [6, 6.07) is 10.3. The summed E-state index contributed by atoms with van der Waals surface area (Å²) < 4.78 is 1.92. The molecule has 2 aromatic rings. The van der Waals surface area contributed by atoms with Crippen molar-refractivity contribution in [3.05, 3.63) is 42.7 Å². The van der Waals surface area contributed by atoms with Gasteiger partial charge in [0.25, 0.3) is 0 Å². The summed E-state index contributed by atoms with van der Waals surface area (Å²) in [6.45, 7) is 2.35. The Balaban J connectivity index is 1.71. The van der Waals surface area contributed by atoms with Crippen molar-refractivity contribution < 1.29 is 4.79 Å².